The molecule has 156 valence electrons. The van der Waals surface area contributed by atoms with E-state index in [1.165, 1.54) is 24.6 Å². The molecular formula is C20H26ClN5O2S. The molecule has 2 aromatic rings. The molecule has 1 saturated carbocycles. The SMILES string of the molecule is CCn1c(SCC(=O)NC2CCCC2)nnc1[C@@H](C)NC(=O)c1ccccc1Cl. The normalized spacial score (nSPS) is 15.3. The van der Waals surface area contributed by atoms with Crippen molar-refractivity contribution in [3.05, 3.63) is 40.7 Å². The van der Waals surface area contributed by atoms with Crippen LogP contribution in [0, 0.1) is 0 Å². The number of thioether (sulfide) groups is 1. The van der Waals surface area contributed by atoms with E-state index in [-0.39, 0.29) is 17.9 Å². The number of carbonyl (C=O) groups is 2. The van der Waals surface area contributed by atoms with E-state index in [0.717, 1.165) is 12.8 Å². The summed E-state index contributed by atoms with van der Waals surface area (Å²) in [6.07, 6.45) is 4.50. The Balaban J connectivity index is 1.61. The molecule has 2 amide bonds. The van der Waals surface area contributed by atoms with E-state index in [9.17, 15) is 9.59 Å². The van der Waals surface area contributed by atoms with E-state index < -0.39 is 0 Å². The van der Waals surface area contributed by atoms with Crippen LogP contribution in [0.3, 0.4) is 0 Å². The molecule has 0 spiro atoms. The van der Waals surface area contributed by atoms with E-state index in [4.69, 9.17) is 11.6 Å². The molecule has 2 N–H and O–H groups in total. The number of carbonyl (C=O) groups excluding carboxylic acids is 2. The fourth-order valence-corrected chi connectivity index (χ4v) is 4.52. The zero-order valence-corrected chi connectivity index (χ0v) is 18.2. The van der Waals surface area contributed by atoms with E-state index >= 15 is 0 Å². The molecule has 0 aliphatic heterocycles. The van der Waals surface area contributed by atoms with Gasteiger partial charge in [-0.15, -0.1) is 10.2 Å². The number of benzene rings is 1. The summed E-state index contributed by atoms with van der Waals surface area (Å²) in [5.74, 6) is 0.703. The summed E-state index contributed by atoms with van der Waals surface area (Å²) in [5.41, 5.74) is 0.418. The van der Waals surface area contributed by atoms with Crippen molar-refractivity contribution in [1.82, 2.24) is 25.4 Å². The van der Waals surface area contributed by atoms with Crippen LogP contribution in [0.4, 0.5) is 0 Å². The molecule has 1 aromatic carbocycles. The summed E-state index contributed by atoms with van der Waals surface area (Å²) in [5, 5.41) is 15.5. The van der Waals surface area contributed by atoms with Gasteiger partial charge in [-0.3, -0.25) is 9.59 Å². The molecule has 0 saturated heterocycles. The van der Waals surface area contributed by atoms with Gasteiger partial charge in [0.2, 0.25) is 5.91 Å². The monoisotopic (exact) mass is 435 g/mol. The summed E-state index contributed by atoms with van der Waals surface area (Å²) < 4.78 is 1.92. The van der Waals surface area contributed by atoms with Gasteiger partial charge in [0.05, 0.1) is 22.4 Å². The quantitative estimate of drug-likeness (QED) is 0.618. The van der Waals surface area contributed by atoms with Gasteiger partial charge in [-0.05, 0) is 38.8 Å². The van der Waals surface area contributed by atoms with Gasteiger partial charge in [-0.2, -0.15) is 0 Å². The van der Waals surface area contributed by atoms with Crippen LogP contribution in [0.25, 0.3) is 0 Å². The highest BCUT2D eigenvalue weighted by Crippen LogP contribution is 2.22. The summed E-state index contributed by atoms with van der Waals surface area (Å²) in [4.78, 5) is 24.7. The third-order valence-electron chi connectivity index (χ3n) is 4.97. The van der Waals surface area contributed by atoms with Gasteiger partial charge in [0, 0.05) is 12.6 Å². The molecule has 1 fully saturated rings. The van der Waals surface area contributed by atoms with E-state index in [1.54, 1.807) is 24.3 Å². The Morgan fingerprint density at radius 1 is 1.28 bits per heavy atom. The van der Waals surface area contributed by atoms with Crippen LogP contribution in [0.15, 0.2) is 29.4 Å². The van der Waals surface area contributed by atoms with Crippen LogP contribution >= 0.6 is 23.4 Å². The van der Waals surface area contributed by atoms with E-state index in [2.05, 4.69) is 20.8 Å². The Bertz CT molecular complexity index is 866. The number of aromatic nitrogens is 3. The molecule has 9 heteroatoms. The third-order valence-corrected chi connectivity index (χ3v) is 6.26. The van der Waals surface area contributed by atoms with Gasteiger partial charge in [0.15, 0.2) is 11.0 Å². The number of halogens is 1. The van der Waals surface area contributed by atoms with Gasteiger partial charge in [0.1, 0.15) is 0 Å². The standard InChI is InChI=1S/C20H26ClN5O2S/c1-3-26-18(13(2)22-19(28)15-10-6-7-11-16(15)21)24-25-20(26)29-12-17(27)23-14-8-4-5-9-14/h6-7,10-11,13-14H,3-5,8-9,12H2,1-2H3,(H,22,28)(H,23,27)/t13-/m1/s1. The van der Waals surface area contributed by atoms with Crippen molar-refractivity contribution in [2.24, 2.45) is 0 Å². The fraction of sp³-hybridized carbons (Fsp3) is 0.500. The molecular weight excluding hydrogens is 410 g/mol. The van der Waals surface area contributed by atoms with Gasteiger partial charge in [-0.25, -0.2) is 0 Å². The first-order chi connectivity index (χ1) is 14.0. The maximum Gasteiger partial charge on any atom is 0.253 e. The van der Waals surface area contributed by atoms with Gasteiger partial charge in [-0.1, -0.05) is 48.3 Å². The highest BCUT2D eigenvalue weighted by Gasteiger charge is 2.22. The predicted octanol–water partition coefficient (Wildman–Crippen LogP) is 3.59. The largest absolute Gasteiger partial charge is 0.353 e. The summed E-state index contributed by atoms with van der Waals surface area (Å²) in [7, 11) is 0. The molecule has 1 heterocycles. The number of hydrogen-bond acceptors (Lipinski definition) is 5. The molecule has 1 aliphatic rings. The lowest BCUT2D eigenvalue weighted by Crippen LogP contribution is -2.33. The van der Waals surface area contributed by atoms with E-state index in [1.807, 2.05) is 18.4 Å². The van der Waals surface area contributed by atoms with Crippen molar-refractivity contribution in [2.45, 2.75) is 63.3 Å². The Morgan fingerprint density at radius 2 is 2.00 bits per heavy atom. The summed E-state index contributed by atoms with van der Waals surface area (Å²) >= 11 is 7.47. The maximum atomic E-state index is 12.5. The second-order valence-electron chi connectivity index (χ2n) is 7.10. The highest BCUT2D eigenvalue weighted by atomic mass is 35.5. The average Bonchev–Trinajstić information content (AvgIpc) is 3.35. The lowest BCUT2D eigenvalue weighted by atomic mass is 10.2. The average molecular weight is 436 g/mol. The lowest BCUT2D eigenvalue weighted by Gasteiger charge is -2.16. The lowest BCUT2D eigenvalue weighted by molar-refractivity contribution is -0.119. The van der Waals surface area contributed by atoms with Gasteiger partial charge < -0.3 is 15.2 Å². The number of rotatable bonds is 8. The van der Waals surface area contributed by atoms with Crippen molar-refractivity contribution in [3.63, 3.8) is 0 Å². The van der Waals surface area contributed by atoms with Crippen molar-refractivity contribution in [2.75, 3.05) is 5.75 Å². The predicted molar refractivity (Wildman–Crippen MR) is 114 cm³/mol. The minimum Gasteiger partial charge on any atom is -0.353 e. The van der Waals surface area contributed by atoms with Crippen LogP contribution in [-0.2, 0) is 11.3 Å². The van der Waals surface area contributed by atoms with Crippen molar-refractivity contribution >= 4 is 35.2 Å². The molecule has 0 bridgehead atoms. The first kappa shape index (κ1) is 21.6. The molecule has 1 aliphatic carbocycles. The third kappa shape index (κ3) is 5.51. The highest BCUT2D eigenvalue weighted by molar-refractivity contribution is 7.99. The molecule has 3 rings (SSSR count). The first-order valence-corrected chi connectivity index (χ1v) is 11.3. The van der Waals surface area contributed by atoms with Crippen LogP contribution < -0.4 is 10.6 Å². The van der Waals surface area contributed by atoms with Crippen LogP contribution in [0.1, 0.15) is 61.8 Å². The van der Waals surface area contributed by atoms with Crippen LogP contribution in [-0.4, -0.2) is 38.4 Å². The number of amides is 2. The Hall–Kier alpha value is -2.06. The second-order valence-corrected chi connectivity index (χ2v) is 8.45. The Kier molecular flexibility index (Phi) is 7.55. The smallest absolute Gasteiger partial charge is 0.253 e. The molecule has 1 aromatic heterocycles. The van der Waals surface area contributed by atoms with Crippen molar-refractivity contribution in [3.8, 4) is 0 Å². The molecule has 0 radical (unpaired) electrons. The Labute approximate surface area is 180 Å². The topological polar surface area (TPSA) is 88.9 Å². The zero-order valence-electron chi connectivity index (χ0n) is 16.7. The Morgan fingerprint density at radius 3 is 2.69 bits per heavy atom. The molecule has 29 heavy (non-hydrogen) atoms. The summed E-state index contributed by atoms with van der Waals surface area (Å²) in [6.45, 7) is 4.48. The van der Waals surface area contributed by atoms with Crippen LogP contribution in [0.2, 0.25) is 5.02 Å². The molecule has 1 atom stereocenters. The first-order valence-electron chi connectivity index (χ1n) is 9.90. The minimum atomic E-state index is -0.354. The van der Waals surface area contributed by atoms with Crippen LogP contribution in [0.5, 0.6) is 0 Å². The number of nitrogens with one attached hydrogen (secondary N) is 2. The van der Waals surface area contributed by atoms with Gasteiger partial charge >= 0.3 is 0 Å². The maximum absolute atomic E-state index is 12.5. The second kappa shape index (κ2) is 10.1. The number of nitrogens with zero attached hydrogens (tertiary/aromatic N) is 3. The van der Waals surface area contributed by atoms with E-state index in [0.29, 0.717) is 39.9 Å². The summed E-state index contributed by atoms with van der Waals surface area (Å²) in [6, 6.07) is 6.87. The molecule has 7 nitrogen and oxygen atoms in total. The van der Waals surface area contributed by atoms with Crippen molar-refractivity contribution < 1.29 is 9.59 Å². The van der Waals surface area contributed by atoms with Gasteiger partial charge in [0.25, 0.3) is 5.91 Å². The zero-order chi connectivity index (χ0) is 20.8. The molecule has 0 unspecified atom stereocenters. The van der Waals surface area contributed by atoms with Crippen molar-refractivity contribution in [1.29, 1.82) is 0 Å². The minimum absolute atomic E-state index is 0.0224. The number of hydrogen-bond donors (Lipinski definition) is 2. The fourth-order valence-electron chi connectivity index (χ4n) is 3.48.